The van der Waals surface area contributed by atoms with Crippen LogP contribution in [0.4, 0.5) is 0 Å². The summed E-state index contributed by atoms with van der Waals surface area (Å²) in [7, 11) is 0. The highest BCUT2D eigenvalue weighted by Crippen LogP contribution is 2.34. The molecule has 2 heterocycles. The Hall–Kier alpha value is -1.73. The first-order valence-corrected chi connectivity index (χ1v) is 7.72. The highest BCUT2D eigenvalue weighted by atomic mass is 32.1. The fourth-order valence-corrected chi connectivity index (χ4v) is 3.07. The molecule has 1 atom stereocenters. The van der Waals surface area contributed by atoms with Gasteiger partial charge in [-0.15, -0.1) is 11.3 Å². The molecule has 21 heavy (non-hydrogen) atoms. The van der Waals surface area contributed by atoms with Gasteiger partial charge >= 0.3 is 0 Å². The Balaban J connectivity index is 2.39. The Labute approximate surface area is 127 Å². The van der Waals surface area contributed by atoms with E-state index in [-0.39, 0.29) is 18.6 Å². The second kappa shape index (κ2) is 6.82. The summed E-state index contributed by atoms with van der Waals surface area (Å²) in [4.78, 5) is 22.0. The van der Waals surface area contributed by atoms with Crippen LogP contribution in [-0.4, -0.2) is 40.2 Å². The lowest BCUT2D eigenvalue weighted by Gasteiger charge is -2.13. The summed E-state index contributed by atoms with van der Waals surface area (Å²) < 4.78 is 5.50. The zero-order valence-corrected chi connectivity index (χ0v) is 13.2. The summed E-state index contributed by atoms with van der Waals surface area (Å²) in [5.74, 6) is 0.309. The molecular formula is C14H19N3O3S. The lowest BCUT2D eigenvalue weighted by atomic mass is 10.2. The van der Waals surface area contributed by atoms with Gasteiger partial charge in [-0.2, -0.15) is 0 Å². The molecule has 114 valence electrons. The van der Waals surface area contributed by atoms with Gasteiger partial charge in [0.15, 0.2) is 0 Å². The fourth-order valence-electron chi connectivity index (χ4n) is 2.03. The van der Waals surface area contributed by atoms with Gasteiger partial charge in [0.2, 0.25) is 5.88 Å². The van der Waals surface area contributed by atoms with Gasteiger partial charge in [-0.25, -0.2) is 9.97 Å². The molecule has 1 amide bonds. The molecule has 2 aromatic rings. The Morgan fingerprint density at radius 3 is 2.86 bits per heavy atom. The number of nitrogens with one attached hydrogen (secondary N) is 1. The maximum absolute atomic E-state index is 12.3. The van der Waals surface area contributed by atoms with Crippen molar-refractivity contribution in [3.63, 3.8) is 0 Å². The summed E-state index contributed by atoms with van der Waals surface area (Å²) in [5.41, 5.74) is 0.810. The van der Waals surface area contributed by atoms with E-state index >= 15 is 0 Å². The molecule has 2 rings (SSSR count). The summed E-state index contributed by atoms with van der Waals surface area (Å²) in [6, 6.07) is -0.237. The second-order valence-corrected chi connectivity index (χ2v) is 5.61. The molecule has 6 nitrogen and oxygen atoms in total. The third-order valence-electron chi connectivity index (χ3n) is 3.23. The van der Waals surface area contributed by atoms with Crippen LogP contribution >= 0.6 is 11.3 Å². The topological polar surface area (TPSA) is 84.3 Å². The number of carbonyl (C=O) groups excluding carboxylic acids is 1. The number of hydrogen-bond donors (Lipinski definition) is 2. The first-order valence-electron chi connectivity index (χ1n) is 6.90. The number of aliphatic hydroxyl groups is 1. The van der Waals surface area contributed by atoms with Crippen LogP contribution in [-0.2, 0) is 0 Å². The number of thiophene rings is 1. The van der Waals surface area contributed by atoms with Crippen molar-refractivity contribution in [1.82, 2.24) is 15.3 Å². The van der Waals surface area contributed by atoms with E-state index in [9.17, 15) is 9.90 Å². The number of rotatable bonds is 6. The van der Waals surface area contributed by atoms with E-state index in [1.807, 2.05) is 20.8 Å². The smallest absolute Gasteiger partial charge is 0.262 e. The fraction of sp³-hybridized carbons (Fsp3) is 0.500. The third kappa shape index (κ3) is 3.14. The molecule has 0 aliphatic heterocycles. The monoisotopic (exact) mass is 309 g/mol. The van der Waals surface area contributed by atoms with Crippen LogP contribution in [0.3, 0.4) is 0 Å². The molecule has 0 spiro atoms. The van der Waals surface area contributed by atoms with Gasteiger partial charge in [0.05, 0.1) is 29.5 Å². The standard InChI is InChI=1S/C14H19N3O3S/c1-4-9(6-18)17-12(19)11-8(3)10-13(20-5-2)15-7-16-14(10)21-11/h7,9,18H,4-6H2,1-3H3,(H,17,19). The molecular weight excluding hydrogens is 290 g/mol. The van der Waals surface area contributed by atoms with Crippen molar-refractivity contribution >= 4 is 27.5 Å². The molecule has 7 heteroatoms. The van der Waals surface area contributed by atoms with Crippen LogP contribution in [0, 0.1) is 6.92 Å². The highest BCUT2D eigenvalue weighted by molar-refractivity contribution is 7.20. The summed E-state index contributed by atoms with van der Waals surface area (Å²) in [5, 5.41) is 12.8. The van der Waals surface area contributed by atoms with Gasteiger partial charge < -0.3 is 15.2 Å². The molecule has 0 radical (unpaired) electrons. The molecule has 2 aromatic heterocycles. The van der Waals surface area contributed by atoms with Gasteiger partial charge in [-0.3, -0.25) is 4.79 Å². The molecule has 0 aromatic carbocycles. The van der Waals surface area contributed by atoms with Crippen LogP contribution in [0.15, 0.2) is 6.33 Å². The maximum atomic E-state index is 12.3. The van der Waals surface area contributed by atoms with E-state index in [1.54, 1.807) is 0 Å². The minimum atomic E-state index is -0.237. The van der Waals surface area contributed by atoms with Crippen LogP contribution in [0.1, 0.15) is 35.5 Å². The average molecular weight is 309 g/mol. The zero-order chi connectivity index (χ0) is 15.4. The molecule has 2 N–H and O–H groups in total. The molecule has 0 aliphatic rings. The number of aromatic nitrogens is 2. The van der Waals surface area contributed by atoms with Gasteiger partial charge in [0.25, 0.3) is 5.91 Å². The number of ether oxygens (including phenoxy) is 1. The minimum Gasteiger partial charge on any atom is -0.477 e. The van der Waals surface area contributed by atoms with Gasteiger partial charge in [-0.05, 0) is 25.8 Å². The number of aryl methyl sites for hydroxylation is 1. The van der Waals surface area contributed by atoms with Crippen molar-refractivity contribution in [2.24, 2.45) is 0 Å². The normalized spacial score (nSPS) is 12.4. The van der Waals surface area contributed by atoms with Crippen molar-refractivity contribution in [1.29, 1.82) is 0 Å². The molecule has 0 saturated carbocycles. The summed E-state index contributed by atoms with van der Waals surface area (Å²) in [6.07, 6.45) is 2.11. The number of amides is 1. The predicted molar refractivity (Wildman–Crippen MR) is 82.0 cm³/mol. The van der Waals surface area contributed by atoms with E-state index in [1.165, 1.54) is 17.7 Å². The first kappa shape index (κ1) is 15.7. The lowest BCUT2D eigenvalue weighted by molar-refractivity contribution is 0.0918. The largest absolute Gasteiger partial charge is 0.477 e. The Bertz CT molecular complexity index is 638. The number of carbonyl (C=O) groups is 1. The van der Waals surface area contributed by atoms with Crippen LogP contribution < -0.4 is 10.1 Å². The van der Waals surface area contributed by atoms with Crippen molar-refractivity contribution in [3.05, 3.63) is 16.8 Å². The van der Waals surface area contributed by atoms with E-state index in [4.69, 9.17) is 4.74 Å². The van der Waals surface area contributed by atoms with Crippen molar-refractivity contribution in [2.75, 3.05) is 13.2 Å². The van der Waals surface area contributed by atoms with Crippen molar-refractivity contribution in [3.8, 4) is 5.88 Å². The molecule has 0 saturated heterocycles. The molecule has 1 unspecified atom stereocenters. The second-order valence-electron chi connectivity index (χ2n) is 4.61. The van der Waals surface area contributed by atoms with Gasteiger partial charge in [0.1, 0.15) is 11.2 Å². The van der Waals surface area contributed by atoms with Crippen LogP contribution in [0.2, 0.25) is 0 Å². The van der Waals surface area contributed by atoms with Gasteiger partial charge in [-0.1, -0.05) is 6.92 Å². The number of nitrogens with zero attached hydrogens (tertiary/aromatic N) is 2. The van der Waals surface area contributed by atoms with E-state index in [0.29, 0.717) is 23.8 Å². The molecule has 0 bridgehead atoms. The quantitative estimate of drug-likeness (QED) is 0.851. The van der Waals surface area contributed by atoms with Crippen molar-refractivity contribution < 1.29 is 14.6 Å². The maximum Gasteiger partial charge on any atom is 0.262 e. The number of fused-ring (bicyclic) bond motifs is 1. The van der Waals surface area contributed by atoms with E-state index in [2.05, 4.69) is 15.3 Å². The van der Waals surface area contributed by atoms with Crippen molar-refractivity contribution in [2.45, 2.75) is 33.2 Å². The summed E-state index contributed by atoms with van der Waals surface area (Å²) >= 11 is 1.31. The minimum absolute atomic E-state index is 0.0732. The van der Waals surface area contributed by atoms with Crippen LogP contribution in [0.5, 0.6) is 5.88 Å². The predicted octanol–water partition coefficient (Wildman–Crippen LogP) is 1.90. The summed E-state index contributed by atoms with van der Waals surface area (Å²) in [6.45, 7) is 6.09. The third-order valence-corrected chi connectivity index (χ3v) is 4.43. The SMILES string of the molecule is CCOc1ncnc2sc(C(=O)NC(CC)CO)c(C)c12. The van der Waals surface area contributed by atoms with Crippen LogP contribution in [0.25, 0.3) is 10.2 Å². The lowest BCUT2D eigenvalue weighted by Crippen LogP contribution is -2.36. The Kier molecular flexibility index (Phi) is 5.08. The Morgan fingerprint density at radius 2 is 2.24 bits per heavy atom. The zero-order valence-electron chi connectivity index (χ0n) is 12.3. The number of aliphatic hydroxyl groups excluding tert-OH is 1. The first-order chi connectivity index (χ1) is 10.1. The van der Waals surface area contributed by atoms with E-state index < -0.39 is 0 Å². The molecule has 0 aliphatic carbocycles. The highest BCUT2D eigenvalue weighted by Gasteiger charge is 2.21. The average Bonchev–Trinajstić information content (AvgIpc) is 2.83. The number of hydrogen-bond acceptors (Lipinski definition) is 6. The molecule has 0 fully saturated rings. The Morgan fingerprint density at radius 1 is 1.48 bits per heavy atom. The van der Waals surface area contributed by atoms with Gasteiger partial charge in [0, 0.05) is 0 Å². The van der Waals surface area contributed by atoms with E-state index in [0.717, 1.165) is 15.8 Å².